The van der Waals surface area contributed by atoms with Gasteiger partial charge in [-0.2, -0.15) is 0 Å². The van der Waals surface area contributed by atoms with Crippen LogP contribution in [-0.2, 0) is 9.84 Å². The Balaban J connectivity index is 4.17. The van der Waals surface area contributed by atoms with Gasteiger partial charge in [0.2, 0.25) is 0 Å². The molecular formula is C9H21NO2S. The summed E-state index contributed by atoms with van der Waals surface area (Å²) in [4.78, 5) is 0. The topological polar surface area (TPSA) is 46.2 Å². The number of sulfone groups is 1. The van der Waals surface area contributed by atoms with Crippen molar-refractivity contribution >= 4 is 9.84 Å². The Hall–Kier alpha value is -0.0900. The van der Waals surface area contributed by atoms with Crippen molar-refractivity contribution in [3.8, 4) is 0 Å². The van der Waals surface area contributed by atoms with E-state index in [2.05, 4.69) is 5.32 Å². The highest BCUT2D eigenvalue weighted by Gasteiger charge is 2.21. The second-order valence-electron chi connectivity index (χ2n) is 3.51. The molecule has 0 aliphatic heterocycles. The summed E-state index contributed by atoms with van der Waals surface area (Å²) in [5, 5.41) is 2.89. The van der Waals surface area contributed by atoms with Crippen LogP contribution in [0.1, 0.15) is 34.1 Å². The fraction of sp³-hybridized carbons (Fsp3) is 1.00. The molecule has 0 amide bonds. The highest BCUT2D eigenvalue weighted by atomic mass is 32.2. The fourth-order valence-electron chi connectivity index (χ4n) is 1.17. The molecule has 0 fully saturated rings. The third-order valence-electron chi connectivity index (χ3n) is 2.22. The van der Waals surface area contributed by atoms with Gasteiger partial charge in [0.25, 0.3) is 0 Å². The SMILES string of the molecule is CCNC(C)CS(=O)(=O)C(C)CC. The van der Waals surface area contributed by atoms with Gasteiger partial charge in [0.15, 0.2) is 9.84 Å². The first-order valence-electron chi connectivity index (χ1n) is 4.89. The first kappa shape index (κ1) is 12.9. The zero-order valence-electron chi connectivity index (χ0n) is 9.00. The molecule has 0 aromatic heterocycles. The van der Waals surface area contributed by atoms with E-state index in [1.807, 2.05) is 20.8 Å². The molecule has 13 heavy (non-hydrogen) atoms. The van der Waals surface area contributed by atoms with Crippen LogP contribution >= 0.6 is 0 Å². The van der Waals surface area contributed by atoms with Gasteiger partial charge < -0.3 is 5.32 Å². The number of hydrogen-bond donors (Lipinski definition) is 1. The summed E-state index contributed by atoms with van der Waals surface area (Å²) in [6.07, 6.45) is 0.696. The Kier molecular flexibility index (Phi) is 5.56. The smallest absolute Gasteiger partial charge is 0.154 e. The van der Waals surface area contributed by atoms with Gasteiger partial charge in [0.1, 0.15) is 0 Å². The van der Waals surface area contributed by atoms with Gasteiger partial charge in [-0.15, -0.1) is 0 Å². The summed E-state index contributed by atoms with van der Waals surface area (Å²) >= 11 is 0. The first-order valence-corrected chi connectivity index (χ1v) is 6.60. The molecule has 4 heteroatoms. The van der Waals surface area contributed by atoms with Crippen molar-refractivity contribution in [2.45, 2.75) is 45.4 Å². The molecule has 0 saturated carbocycles. The minimum atomic E-state index is -2.89. The predicted octanol–water partition coefficient (Wildman–Crippen LogP) is 1.20. The molecule has 2 atom stereocenters. The lowest BCUT2D eigenvalue weighted by Gasteiger charge is -2.15. The van der Waals surface area contributed by atoms with Crippen molar-refractivity contribution in [1.82, 2.24) is 5.32 Å². The van der Waals surface area contributed by atoms with E-state index in [4.69, 9.17) is 0 Å². The van der Waals surface area contributed by atoms with E-state index in [0.717, 1.165) is 6.54 Å². The van der Waals surface area contributed by atoms with Crippen molar-refractivity contribution in [3.63, 3.8) is 0 Å². The molecule has 0 heterocycles. The second-order valence-corrected chi connectivity index (χ2v) is 5.97. The Morgan fingerprint density at radius 1 is 1.23 bits per heavy atom. The molecule has 0 rings (SSSR count). The summed E-state index contributed by atoms with van der Waals surface area (Å²) in [6, 6.07) is 0.0593. The monoisotopic (exact) mass is 207 g/mol. The molecule has 3 nitrogen and oxygen atoms in total. The lowest BCUT2D eigenvalue weighted by molar-refractivity contribution is 0.555. The van der Waals surface area contributed by atoms with Crippen LogP contribution in [0.3, 0.4) is 0 Å². The quantitative estimate of drug-likeness (QED) is 0.712. The van der Waals surface area contributed by atoms with Crippen molar-refractivity contribution in [2.24, 2.45) is 0 Å². The number of hydrogen-bond acceptors (Lipinski definition) is 3. The van der Waals surface area contributed by atoms with Gasteiger partial charge in [0.05, 0.1) is 11.0 Å². The Labute approximate surface area is 81.8 Å². The van der Waals surface area contributed by atoms with Gasteiger partial charge in [0, 0.05) is 6.04 Å². The van der Waals surface area contributed by atoms with Crippen LogP contribution in [-0.4, -0.2) is 32.0 Å². The third-order valence-corrected chi connectivity index (χ3v) is 4.75. The lowest BCUT2D eigenvalue weighted by Crippen LogP contribution is -2.35. The van der Waals surface area contributed by atoms with Crippen LogP contribution in [0.5, 0.6) is 0 Å². The molecule has 0 aromatic rings. The van der Waals surface area contributed by atoms with E-state index in [9.17, 15) is 8.42 Å². The van der Waals surface area contributed by atoms with E-state index < -0.39 is 9.84 Å². The number of rotatable bonds is 6. The van der Waals surface area contributed by atoms with E-state index in [1.165, 1.54) is 0 Å². The standard InChI is InChI=1S/C9H21NO2S/c1-5-9(4)13(11,12)7-8(3)10-6-2/h8-10H,5-7H2,1-4H3. The number of nitrogens with one attached hydrogen (secondary N) is 1. The summed E-state index contributed by atoms with van der Waals surface area (Å²) in [5.41, 5.74) is 0. The average Bonchev–Trinajstić information content (AvgIpc) is 2.02. The summed E-state index contributed by atoms with van der Waals surface area (Å²) in [5.74, 6) is 0.246. The van der Waals surface area contributed by atoms with Crippen LogP contribution in [0, 0.1) is 0 Å². The van der Waals surface area contributed by atoms with Gasteiger partial charge in [-0.05, 0) is 26.8 Å². The highest BCUT2D eigenvalue weighted by molar-refractivity contribution is 7.92. The minimum Gasteiger partial charge on any atom is -0.314 e. The third kappa shape index (κ3) is 4.62. The molecule has 80 valence electrons. The van der Waals surface area contributed by atoms with Crippen molar-refractivity contribution in [2.75, 3.05) is 12.3 Å². The molecule has 0 spiro atoms. The molecule has 2 unspecified atom stereocenters. The van der Waals surface area contributed by atoms with E-state index in [-0.39, 0.29) is 17.0 Å². The highest BCUT2D eigenvalue weighted by Crippen LogP contribution is 2.07. The average molecular weight is 207 g/mol. The Morgan fingerprint density at radius 2 is 1.77 bits per heavy atom. The second kappa shape index (κ2) is 5.60. The zero-order valence-corrected chi connectivity index (χ0v) is 9.82. The Bertz CT molecular complexity index is 224. The molecule has 0 saturated heterocycles. The maximum Gasteiger partial charge on any atom is 0.154 e. The predicted molar refractivity (Wildman–Crippen MR) is 56.7 cm³/mol. The first-order chi connectivity index (χ1) is 5.94. The van der Waals surface area contributed by atoms with E-state index >= 15 is 0 Å². The van der Waals surface area contributed by atoms with Crippen molar-refractivity contribution < 1.29 is 8.42 Å². The molecule has 0 aromatic carbocycles. The zero-order chi connectivity index (χ0) is 10.5. The molecule has 0 aliphatic rings. The van der Waals surface area contributed by atoms with Crippen LogP contribution in [0.4, 0.5) is 0 Å². The van der Waals surface area contributed by atoms with Gasteiger partial charge >= 0.3 is 0 Å². The van der Waals surface area contributed by atoms with Gasteiger partial charge in [-0.3, -0.25) is 0 Å². The summed E-state index contributed by atoms with van der Waals surface area (Å²) < 4.78 is 23.2. The molecule has 0 bridgehead atoms. The molecule has 0 radical (unpaired) electrons. The van der Waals surface area contributed by atoms with Crippen LogP contribution in [0.25, 0.3) is 0 Å². The van der Waals surface area contributed by atoms with Crippen molar-refractivity contribution in [1.29, 1.82) is 0 Å². The normalized spacial score (nSPS) is 16.9. The van der Waals surface area contributed by atoms with Crippen LogP contribution in [0.2, 0.25) is 0 Å². The maximum atomic E-state index is 11.6. The van der Waals surface area contributed by atoms with Crippen molar-refractivity contribution in [3.05, 3.63) is 0 Å². The molecule has 1 N–H and O–H groups in total. The largest absolute Gasteiger partial charge is 0.314 e. The van der Waals surface area contributed by atoms with E-state index in [0.29, 0.717) is 6.42 Å². The maximum absolute atomic E-state index is 11.6. The summed E-state index contributed by atoms with van der Waals surface area (Å²) in [6.45, 7) is 8.38. The van der Waals surface area contributed by atoms with Gasteiger partial charge in [-0.1, -0.05) is 13.8 Å². The van der Waals surface area contributed by atoms with Gasteiger partial charge in [-0.25, -0.2) is 8.42 Å². The fourth-order valence-corrected chi connectivity index (χ4v) is 2.83. The minimum absolute atomic E-state index is 0.0593. The Morgan fingerprint density at radius 3 is 2.15 bits per heavy atom. The summed E-state index contributed by atoms with van der Waals surface area (Å²) in [7, 11) is -2.89. The lowest BCUT2D eigenvalue weighted by atomic mass is 10.4. The molecular weight excluding hydrogens is 186 g/mol. The van der Waals surface area contributed by atoms with Crippen LogP contribution in [0.15, 0.2) is 0 Å². The van der Waals surface area contributed by atoms with Crippen LogP contribution < -0.4 is 5.32 Å². The molecule has 0 aliphatic carbocycles. The van der Waals surface area contributed by atoms with E-state index in [1.54, 1.807) is 6.92 Å².